The Hall–Kier alpha value is -3.86. The van der Waals surface area contributed by atoms with Gasteiger partial charge in [0.25, 0.3) is 17.7 Å². The molecule has 1 aromatic carbocycles. The number of carbonyl (C=O) groups excluding carboxylic acids is 3. The van der Waals surface area contributed by atoms with Crippen LogP contribution in [0.5, 0.6) is 5.75 Å². The number of amides is 3. The van der Waals surface area contributed by atoms with Crippen molar-refractivity contribution in [2.24, 2.45) is 5.73 Å². The van der Waals surface area contributed by atoms with Crippen LogP contribution in [0.15, 0.2) is 34.7 Å². The van der Waals surface area contributed by atoms with Crippen molar-refractivity contribution in [2.45, 2.75) is 46.2 Å². The zero-order chi connectivity index (χ0) is 26.1. The van der Waals surface area contributed by atoms with Gasteiger partial charge >= 0.3 is 0 Å². The van der Waals surface area contributed by atoms with E-state index in [4.69, 9.17) is 20.6 Å². The van der Waals surface area contributed by atoms with E-state index in [9.17, 15) is 14.4 Å². The molecule has 1 atom stereocenters. The number of ether oxygens (including phenoxy) is 1. The van der Waals surface area contributed by atoms with Crippen LogP contribution < -0.4 is 26.4 Å². The van der Waals surface area contributed by atoms with Crippen LogP contribution in [-0.2, 0) is 4.79 Å². The maximum absolute atomic E-state index is 14.1. The zero-order valence-electron chi connectivity index (χ0n) is 20.5. The van der Waals surface area contributed by atoms with Gasteiger partial charge in [0.05, 0.1) is 18.5 Å². The normalized spacial score (nSPS) is 12.2. The maximum atomic E-state index is 14.1. The molecular weight excluding hydrogens is 470 g/mol. The fourth-order valence-electron chi connectivity index (χ4n) is 3.50. The molecule has 0 saturated heterocycles. The number of benzene rings is 1. The molecule has 0 aliphatic rings. The third-order valence-electron chi connectivity index (χ3n) is 5.00. The first-order chi connectivity index (χ1) is 16.3. The predicted molar refractivity (Wildman–Crippen MR) is 134 cm³/mol. The summed E-state index contributed by atoms with van der Waals surface area (Å²) in [5.74, 6) is -0.869. The molecular formula is C24H29N5O5S. The zero-order valence-corrected chi connectivity index (χ0v) is 21.3. The molecule has 0 bridgehead atoms. The fourth-order valence-corrected chi connectivity index (χ4v) is 4.25. The summed E-state index contributed by atoms with van der Waals surface area (Å²) in [4.78, 5) is 40.7. The number of aromatic nitrogens is 1. The highest BCUT2D eigenvalue weighted by molar-refractivity contribution is 7.09. The van der Waals surface area contributed by atoms with Gasteiger partial charge in [-0.05, 0) is 76.0 Å². The number of nitrogens with one attached hydrogen (secondary N) is 1. The van der Waals surface area contributed by atoms with Gasteiger partial charge in [0.15, 0.2) is 11.7 Å². The molecule has 2 aromatic heterocycles. The van der Waals surface area contributed by atoms with Gasteiger partial charge in [-0.25, -0.2) is 0 Å². The largest absolute Gasteiger partial charge is 0.495 e. The number of nitrogens with two attached hydrogens (primary N) is 2. The van der Waals surface area contributed by atoms with Crippen molar-refractivity contribution >= 4 is 40.6 Å². The molecule has 2 heterocycles. The number of furan rings is 1. The van der Waals surface area contributed by atoms with Crippen LogP contribution in [0.1, 0.15) is 64.1 Å². The Morgan fingerprint density at radius 1 is 1.17 bits per heavy atom. The number of rotatable bonds is 7. The summed E-state index contributed by atoms with van der Waals surface area (Å²) < 4.78 is 15.3. The van der Waals surface area contributed by atoms with Crippen LogP contribution in [-0.4, -0.2) is 34.7 Å². The lowest BCUT2D eigenvalue weighted by molar-refractivity contribution is -0.124. The van der Waals surface area contributed by atoms with E-state index in [-0.39, 0.29) is 22.0 Å². The SMILES string of the molecule is COc1ccc(C)cc1N(C(=O)c1snc(C(N)=O)c1N)C(C(=O)NC(C)(C)C)c1ccc(C)o1. The number of hydrogen-bond acceptors (Lipinski definition) is 8. The number of anilines is 2. The molecule has 3 amide bonds. The standard InChI is InChI=1S/C24H29N5O5S/c1-12-7-9-15(33-6)14(11-12)29(23(32)20-17(25)18(21(26)30)28-35-20)19(16-10-8-13(2)34-16)22(31)27-24(3,4)5/h7-11,19H,25H2,1-6H3,(H2,26,30)(H,27,31). The van der Waals surface area contributed by atoms with E-state index in [0.29, 0.717) is 17.2 Å². The van der Waals surface area contributed by atoms with Crippen molar-refractivity contribution < 1.29 is 23.5 Å². The molecule has 0 aliphatic heterocycles. The van der Waals surface area contributed by atoms with Crippen molar-refractivity contribution in [3.05, 3.63) is 58.0 Å². The molecule has 3 rings (SSSR count). The fraction of sp³-hybridized carbons (Fsp3) is 0.333. The second-order valence-electron chi connectivity index (χ2n) is 9.08. The summed E-state index contributed by atoms with van der Waals surface area (Å²) >= 11 is 0.726. The Morgan fingerprint density at radius 2 is 1.86 bits per heavy atom. The summed E-state index contributed by atoms with van der Waals surface area (Å²) in [7, 11) is 1.46. The molecule has 186 valence electrons. The Kier molecular flexibility index (Phi) is 7.20. The van der Waals surface area contributed by atoms with Crippen molar-refractivity contribution in [1.29, 1.82) is 0 Å². The van der Waals surface area contributed by atoms with E-state index in [1.165, 1.54) is 12.0 Å². The number of carbonyl (C=O) groups is 3. The second kappa shape index (κ2) is 9.79. The maximum Gasteiger partial charge on any atom is 0.273 e. The van der Waals surface area contributed by atoms with Gasteiger partial charge < -0.3 is 25.9 Å². The molecule has 0 radical (unpaired) electrons. The van der Waals surface area contributed by atoms with Crippen LogP contribution in [0.2, 0.25) is 0 Å². The molecule has 3 aromatic rings. The molecule has 5 N–H and O–H groups in total. The van der Waals surface area contributed by atoms with Gasteiger partial charge in [-0.2, -0.15) is 4.37 Å². The average molecular weight is 500 g/mol. The minimum Gasteiger partial charge on any atom is -0.495 e. The van der Waals surface area contributed by atoms with Crippen LogP contribution >= 0.6 is 11.5 Å². The third-order valence-corrected chi connectivity index (χ3v) is 5.85. The molecule has 1 unspecified atom stereocenters. The van der Waals surface area contributed by atoms with E-state index >= 15 is 0 Å². The topological polar surface area (TPSA) is 154 Å². The van der Waals surface area contributed by atoms with E-state index in [0.717, 1.165) is 17.1 Å². The van der Waals surface area contributed by atoms with E-state index < -0.39 is 29.3 Å². The Balaban J connectivity index is 2.30. The minimum absolute atomic E-state index is 0.0424. The number of primary amides is 1. The monoisotopic (exact) mass is 499 g/mol. The van der Waals surface area contributed by atoms with Crippen molar-refractivity contribution in [1.82, 2.24) is 9.69 Å². The van der Waals surface area contributed by atoms with E-state index in [1.54, 1.807) is 31.2 Å². The minimum atomic E-state index is -1.23. The highest BCUT2D eigenvalue weighted by Crippen LogP contribution is 2.39. The molecule has 11 heteroatoms. The van der Waals surface area contributed by atoms with Gasteiger partial charge in [-0.3, -0.25) is 19.3 Å². The van der Waals surface area contributed by atoms with Gasteiger partial charge in [0.1, 0.15) is 22.1 Å². The van der Waals surface area contributed by atoms with Crippen LogP contribution in [0, 0.1) is 13.8 Å². The highest BCUT2D eigenvalue weighted by atomic mass is 32.1. The number of nitrogen functional groups attached to an aromatic ring is 1. The van der Waals surface area contributed by atoms with Crippen LogP contribution in [0.3, 0.4) is 0 Å². The predicted octanol–water partition coefficient (Wildman–Crippen LogP) is 3.35. The number of hydrogen-bond donors (Lipinski definition) is 3. The quantitative estimate of drug-likeness (QED) is 0.450. The molecule has 0 aliphatic carbocycles. The van der Waals surface area contributed by atoms with Gasteiger partial charge in [-0.1, -0.05) is 6.07 Å². The number of methoxy groups -OCH3 is 1. The number of aryl methyl sites for hydroxylation is 2. The Morgan fingerprint density at radius 3 is 2.37 bits per heavy atom. The lowest BCUT2D eigenvalue weighted by Gasteiger charge is -2.33. The lowest BCUT2D eigenvalue weighted by Crippen LogP contribution is -2.49. The molecule has 0 fully saturated rings. The average Bonchev–Trinajstić information content (AvgIpc) is 3.35. The number of nitrogens with zero attached hydrogens (tertiary/aromatic N) is 2. The van der Waals surface area contributed by atoms with E-state index in [2.05, 4.69) is 9.69 Å². The summed E-state index contributed by atoms with van der Waals surface area (Å²) in [5, 5.41) is 2.92. The second-order valence-corrected chi connectivity index (χ2v) is 9.85. The third kappa shape index (κ3) is 5.46. The first-order valence-electron chi connectivity index (χ1n) is 10.8. The summed E-state index contributed by atoms with van der Waals surface area (Å²) in [6.07, 6.45) is 0. The Bertz CT molecular complexity index is 1270. The summed E-state index contributed by atoms with van der Waals surface area (Å²) in [5.41, 5.74) is 11.6. The smallest absolute Gasteiger partial charge is 0.273 e. The van der Waals surface area contributed by atoms with Crippen molar-refractivity contribution in [3.63, 3.8) is 0 Å². The highest BCUT2D eigenvalue weighted by Gasteiger charge is 2.40. The van der Waals surface area contributed by atoms with Crippen molar-refractivity contribution in [3.8, 4) is 5.75 Å². The first-order valence-corrected chi connectivity index (χ1v) is 11.5. The first kappa shape index (κ1) is 25.8. The molecule has 35 heavy (non-hydrogen) atoms. The van der Waals surface area contributed by atoms with Gasteiger partial charge in [0, 0.05) is 5.54 Å². The van der Waals surface area contributed by atoms with Gasteiger partial charge in [0.2, 0.25) is 0 Å². The van der Waals surface area contributed by atoms with Crippen LogP contribution in [0.25, 0.3) is 0 Å². The van der Waals surface area contributed by atoms with Crippen molar-refractivity contribution in [2.75, 3.05) is 17.7 Å². The summed E-state index contributed by atoms with van der Waals surface area (Å²) in [6, 6.07) is 7.34. The van der Waals surface area contributed by atoms with Crippen LogP contribution in [0.4, 0.5) is 11.4 Å². The molecule has 10 nitrogen and oxygen atoms in total. The Labute approximate surface area is 207 Å². The molecule has 0 spiro atoms. The molecule has 0 saturated carbocycles. The summed E-state index contributed by atoms with van der Waals surface area (Å²) in [6.45, 7) is 9.07. The van der Waals surface area contributed by atoms with E-state index in [1.807, 2.05) is 33.8 Å². The lowest BCUT2D eigenvalue weighted by atomic mass is 10.0. The van der Waals surface area contributed by atoms with Gasteiger partial charge in [-0.15, -0.1) is 0 Å².